The van der Waals surface area contributed by atoms with Gasteiger partial charge in [0.1, 0.15) is 5.75 Å². The highest BCUT2D eigenvalue weighted by molar-refractivity contribution is 6.32. The average Bonchev–Trinajstić information content (AvgIpc) is 2.30. The van der Waals surface area contributed by atoms with Crippen LogP contribution in [0.1, 0.15) is 24.8 Å². The first kappa shape index (κ1) is 13.3. The molecule has 0 saturated carbocycles. The first-order valence-electron chi connectivity index (χ1n) is 5.50. The van der Waals surface area contributed by atoms with Crippen molar-refractivity contribution in [2.75, 3.05) is 13.2 Å². The molecule has 1 rings (SSSR count). The number of ether oxygens (including phenoxy) is 1. The van der Waals surface area contributed by atoms with Crippen LogP contribution in [-0.4, -0.2) is 18.3 Å². The minimum Gasteiger partial charge on any atom is -0.492 e. The van der Waals surface area contributed by atoms with Crippen LogP contribution in [0.15, 0.2) is 18.2 Å². The number of aliphatic hydroxyl groups is 1. The normalized spacial score (nSPS) is 10.4. The Morgan fingerprint density at radius 3 is 2.69 bits per heavy atom. The molecule has 16 heavy (non-hydrogen) atoms. The minimum atomic E-state index is 0.242. The van der Waals surface area contributed by atoms with Gasteiger partial charge in [-0.05, 0) is 37.0 Å². The second-order valence-corrected chi connectivity index (χ2v) is 4.01. The Morgan fingerprint density at radius 1 is 1.25 bits per heavy atom. The summed E-state index contributed by atoms with van der Waals surface area (Å²) in [6.45, 7) is 1.35. The maximum Gasteiger partial charge on any atom is 0.137 e. The van der Waals surface area contributed by atoms with Crippen LogP contribution in [0, 0.1) is 0 Å². The monoisotopic (exact) mass is 243 g/mol. The van der Waals surface area contributed by atoms with Crippen molar-refractivity contribution in [1.82, 2.24) is 0 Å². The van der Waals surface area contributed by atoms with E-state index in [4.69, 9.17) is 27.2 Å². The van der Waals surface area contributed by atoms with Crippen molar-refractivity contribution in [3.8, 4) is 5.75 Å². The van der Waals surface area contributed by atoms with E-state index < -0.39 is 0 Å². The van der Waals surface area contributed by atoms with Crippen molar-refractivity contribution >= 4 is 11.6 Å². The van der Waals surface area contributed by atoms with Gasteiger partial charge in [0.2, 0.25) is 0 Å². The maximum atomic E-state index is 8.61. The SMILES string of the molecule is NCc1ccc(OCCCCCO)c(Cl)c1. The highest BCUT2D eigenvalue weighted by Gasteiger charge is 2.02. The van der Waals surface area contributed by atoms with E-state index in [-0.39, 0.29) is 6.61 Å². The first-order valence-corrected chi connectivity index (χ1v) is 5.88. The third-order valence-corrected chi connectivity index (χ3v) is 2.59. The van der Waals surface area contributed by atoms with Crippen LogP contribution in [0.4, 0.5) is 0 Å². The van der Waals surface area contributed by atoms with E-state index in [1.807, 2.05) is 18.2 Å². The summed E-state index contributed by atoms with van der Waals surface area (Å²) >= 11 is 6.03. The van der Waals surface area contributed by atoms with Gasteiger partial charge < -0.3 is 15.6 Å². The molecule has 0 spiro atoms. The molecule has 0 unspecified atom stereocenters. The molecule has 0 amide bonds. The molecule has 3 nitrogen and oxygen atoms in total. The topological polar surface area (TPSA) is 55.5 Å². The van der Waals surface area contributed by atoms with E-state index in [0.29, 0.717) is 23.9 Å². The maximum absolute atomic E-state index is 8.61. The standard InChI is InChI=1S/C12H18ClNO2/c13-11-8-10(9-14)4-5-12(11)16-7-3-1-2-6-15/h4-5,8,15H,1-3,6-7,9,14H2. The molecule has 1 aromatic carbocycles. The van der Waals surface area contributed by atoms with Gasteiger partial charge >= 0.3 is 0 Å². The predicted molar refractivity (Wildman–Crippen MR) is 65.8 cm³/mol. The lowest BCUT2D eigenvalue weighted by Crippen LogP contribution is -2.00. The number of unbranched alkanes of at least 4 members (excludes halogenated alkanes) is 2. The molecule has 0 aliphatic carbocycles. The molecule has 0 heterocycles. The van der Waals surface area contributed by atoms with Crippen molar-refractivity contribution in [2.45, 2.75) is 25.8 Å². The van der Waals surface area contributed by atoms with Gasteiger partial charge in [-0.2, -0.15) is 0 Å². The van der Waals surface area contributed by atoms with E-state index in [9.17, 15) is 0 Å². The molecule has 0 atom stereocenters. The van der Waals surface area contributed by atoms with Gasteiger partial charge in [0, 0.05) is 13.2 Å². The Kier molecular flexibility index (Phi) is 6.23. The second-order valence-electron chi connectivity index (χ2n) is 3.60. The lowest BCUT2D eigenvalue weighted by molar-refractivity contribution is 0.266. The average molecular weight is 244 g/mol. The first-order chi connectivity index (χ1) is 7.77. The summed E-state index contributed by atoms with van der Waals surface area (Å²) in [7, 11) is 0. The lowest BCUT2D eigenvalue weighted by Gasteiger charge is -2.08. The number of aliphatic hydroxyl groups excluding tert-OH is 1. The van der Waals surface area contributed by atoms with Gasteiger partial charge in [-0.3, -0.25) is 0 Å². The number of rotatable bonds is 7. The minimum absolute atomic E-state index is 0.242. The molecule has 0 saturated heterocycles. The molecule has 1 aromatic rings. The molecule has 0 aliphatic rings. The molecule has 4 heteroatoms. The third kappa shape index (κ3) is 4.39. The zero-order chi connectivity index (χ0) is 11.8. The lowest BCUT2D eigenvalue weighted by atomic mass is 10.2. The van der Waals surface area contributed by atoms with E-state index in [1.165, 1.54) is 0 Å². The fourth-order valence-electron chi connectivity index (χ4n) is 1.36. The summed E-state index contributed by atoms with van der Waals surface area (Å²) in [5.74, 6) is 0.697. The molecule has 0 aromatic heterocycles. The van der Waals surface area contributed by atoms with Gasteiger partial charge in [0.15, 0.2) is 0 Å². The van der Waals surface area contributed by atoms with E-state index in [1.54, 1.807) is 0 Å². The molecule has 0 bridgehead atoms. The van der Waals surface area contributed by atoms with E-state index in [0.717, 1.165) is 24.8 Å². The number of nitrogens with two attached hydrogens (primary N) is 1. The highest BCUT2D eigenvalue weighted by Crippen LogP contribution is 2.25. The number of hydrogen-bond acceptors (Lipinski definition) is 3. The highest BCUT2D eigenvalue weighted by atomic mass is 35.5. The Morgan fingerprint density at radius 2 is 2.06 bits per heavy atom. The van der Waals surface area contributed by atoms with Gasteiger partial charge in [-0.15, -0.1) is 0 Å². The van der Waals surface area contributed by atoms with Crippen LogP contribution < -0.4 is 10.5 Å². The molecule has 90 valence electrons. The van der Waals surface area contributed by atoms with Gasteiger partial charge in [-0.1, -0.05) is 17.7 Å². The van der Waals surface area contributed by atoms with Gasteiger partial charge in [0.05, 0.1) is 11.6 Å². The van der Waals surface area contributed by atoms with Crippen molar-refractivity contribution < 1.29 is 9.84 Å². The molecule has 3 N–H and O–H groups in total. The van der Waals surface area contributed by atoms with Crippen LogP contribution in [0.25, 0.3) is 0 Å². The van der Waals surface area contributed by atoms with Crippen LogP contribution in [0.5, 0.6) is 5.75 Å². The Labute approximate surface area is 101 Å². The summed E-state index contributed by atoms with van der Waals surface area (Å²) in [5, 5.41) is 9.21. The molecular weight excluding hydrogens is 226 g/mol. The van der Waals surface area contributed by atoms with E-state index in [2.05, 4.69) is 0 Å². The van der Waals surface area contributed by atoms with E-state index >= 15 is 0 Å². The molecule has 0 fully saturated rings. The number of halogens is 1. The van der Waals surface area contributed by atoms with Crippen molar-refractivity contribution in [3.63, 3.8) is 0 Å². The van der Waals surface area contributed by atoms with Crippen molar-refractivity contribution in [3.05, 3.63) is 28.8 Å². The molecule has 0 aliphatic heterocycles. The smallest absolute Gasteiger partial charge is 0.137 e. The van der Waals surface area contributed by atoms with Crippen molar-refractivity contribution in [2.24, 2.45) is 5.73 Å². The Hall–Kier alpha value is -0.770. The second kappa shape index (κ2) is 7.49. The summed E-state index contributed by atoms with van der Waals surface area (Å²) in [6, 6.07) is 5.58. The Bertz CT molecular complexity index is 318. The van der Waals surface area contributed by atoms with Crippen LogP contribution in [0.2, 0.25) is 5.02 Å². The fourth-order valence-corrected chi connectivity index (χ4v) is 1.62. The van der Waals surface area contributed by atoms with Crippen LogP contribution in [0.3, 0.4) is 0 Å². The van der Waals surface area contributed by atoms with Crippen LogP contribution in [-0.2, 0) is 6.54 Å². The summed E-state index contributed by atoms with van der Waals surface area (Å²) in [6.07, 6.45) is 2.72. The molecule has 0 radical (unpaired) electrons. The summed E-state index contributed by atoms with van der Waals surface area (Å²) in [5.41, 5.74) is 6.50. The predicted octanol–water partition coefficient (Wildman–Crippen LogP) is 2.34. The Balaban J connectivity index is 2.36. The molecular formula is C12H18ClNO2. The summed E-state index contributed by atoms with van der Waals surface area (Å²) < 4.78 is 5.53. The zero-order valence-electron chi connectivity index (χ0n) is 9.29. The number of hydrogen-bond donors (Lipinski definition) is 2. The van der Waals surface area contributed by atoms with Gasteiger partial charge in [0.25, 0.3) is 0 Å². The quantitative estimate of drug-likeness (QED) is 0.723. The van der Waals surface area contributed by atoms with Gasteiger partial charge in [-0.25, -0.2) is 0 Å². The fraction of sp³-hybridized carbons (Fsp3) is 0.500. The zero-order valence-corrected chi connectivity index (χ0v) is 10.0. The third-order valence-electron chi connectivity index (χ3n) is 2.29. The van der Waals surface area contributed by atoms with Crippen molar-refractivity contribution in [1.29, 1.82) is 0 Å². The number of benzene rings is 1. The largest absolute Gasteiger partial charge is 0.492 e. The summed E-state index contributed by atoms with van der Waals surface area (Å²) in [4.78, 5) is 0. The van der Waals surface area contributed by atoms with Crippen LogP contribution >= 0.6 is 11.6 Å².